The number of nitrogens with one attached hydrogen (secondary N) is 1. The Bertz CT molecular complexity index is 1220. The molecule has 0 aliphatic carbocycles. The maximum atomic E-state index is 12.9. The Morgan fingerprint density at radius 3 is 1.52 bits per heavy atom. The van der Waals surface area contributed by atoms with Gasteiger partial charge >= 0.3 is 0 Å². The van der Waals surface area contributed by atoms with Crippen molar-refractivity contribution in [3.63, 3.8) is 0 Å². The van der Waals surface area contributed by atoms with Gasteiger partial charge in [-0.2, -0.15) is 0 Å². The number of hydrogen-bond donors (Lipinski definition) is 2. The summed E-state index contributed by atoms with van der Waals surface area (Å²) in [6.07, 6.45) is 58.1. The summed E-state index contributed by atoms with van der Waals surface area (Å²) in [6.45, 7) is 4.50. The van der Waals surface area contributed by atoms with E-state index in [1.807, 2.05) is 27.2 Å². The third kappa shape index (κ3) is 45.8. The number of carbonyl (C=O) groups excluding carboxylic acids is 1. The van der Waals surface area contributed by atoms with Crippen LogP contribution in [0.3, 0.4) is 0 Å². The molecule has 0 spiro atoms. The number of likely N-dealkylation sites (N-methyl/N-ethyl adjacent to an activating group) is 1. The third-order valence-corrected chi connectivity index (χ3v) is 11.6. The minimum atomic E-state index is -4.60. The molecule has 0 heterocycles. The predicted octanol–water partition coefficient (Wildman–Crippen LogP) is 13.7. The molecule has 8 nitrogen and oxygen atoms in total. The second-order valence-corrected chi connectivity index (χ2v) is 19.2. The van der Waals surface area contributed by atoms with E-state index in [-0.39, 0.29) is 12.5 Å². The predicted molar refractivity (Wildman–Crippen MR) is 260 cm³/mol. The molecule has 0 saturated carbocycles. The number of hydrogen-bond acceptors (Lipinski definition) is 6. The lowest BCUT2D eigenvalue weighted by Gasteiger charge is -2.29. The van der Waals surface area contributed by atoms with Crippen molar-refractivity contribution in [1.29, 1.82) is 0 Å². The van der Waals surface area contributed by atoms with Crippen LogP contribution in [0.15, 0.2) is 72.9 Å². The van der Waals surface area contributed by atoms with Crippen molar-refractivity contribution in [1.82, 2.24) is 5.32 Å². The van der Waals surface area contributed by atoms with E-state index >= 15 is 0 Å². The molecule has 0 fully saturated rings. The van der Waals surface area contributed by atoms with E-state index in [2.05, 4.69) is 79.9 Å². The second kappa shape index (κ2) is 43.2. The molecular weight excluding hydrogens is 780 g/mol. The number of quaternary nitrogens is 1. The Hall–Kier alpha value is -2.06. The molecule has 354 valence electrons. The summed E-state index contributed by atoms with van der Waals surface area (Å²) in [7, 11) is 1.23. The van der Waals surface area contributed by atoms with Gasteiger partial charge in [-0.3, -0.25) is 9.36 Å². The van der Waals surface area contributed by atoms with Crippen LogP contribution < -0.4 is 10.2 Å². The van der Waals surface area contributed by atoms with Crippen molar-refractivity contribution in [2.75, 3.05) is 40.9 Å². The summed E-state index contributed by atoms with van der Waals surface area (Å²) in [5, 5.41) is 13.8. The van der Waals surface area contributed by atoms with Gasteiger partial charge in [0.2, 0.25) is 5.91 Å². The molecule has 0 aromatic rings. The van der Waals surface area contributed by atoms with E-state index in [1.54, 1.807) is 6.08 Å². The number of phosphoric acid groups is 1. The molecule has 0 saturated heterocycles. The van der Waals surface area contributed by atoms with Crippen molar-refractivity contribution < 1.29 is 32.9 Å². The summed E-state index contributed by atoms with van der Waals surface area (Å²) in [6, 6.07) is -0.908. The SMILES string of the molecule is CC/C=C\C/C=C\C/C=C\C/C=C\CCCCCCCCCCCCC(=O)NC(COP(=O)([O-])OCC[N+](C)(C)C)C(O)/C=C/CC/C=C/CCCCCCCCCCCC. The van der Waals surface area contributed by atoms with Gasteiger partial charge < -0.3 is 28.8 Å². The average Bonchev–Trinajstić information content (AvgIpc) is 3.21. The van der Waals surface area contributed by atoms with Gasteiger partial charge in [-0.05, 0) is 70.6 Å². The van der Waals surface area contributed by atoms with E-state index in [4.69, 9.17) is 9.05 Å². The van der Waals surface area contributed by atoms with Gasteiger partial charge in [0.05, 0.1) is 39.9 Å². The first-order valence-corrected chi connectivity index (χ1v) is 26.3. The van der Waals surface area contributed by atoms with Gasteiger partial charge in [0.1, 0.15) is 13.2 Å². The highest BCUT2D eigenvalue weighted by Gasteiger charge is 2.23. The summed E-state index contributed by atoms with van der Waals surface area (Å²) >= 11 is 0. The Morgan fingerprint density at radius 1 is 0.590 bits per heavy atom. The van der Waals surface area contributed by atoms with Crippen molar-refractivity contribution in [3.8, 4) is 0 Å². The lowest BCUT2D eigenvalue weighted by atomic mass is 10.0. The number of nitrogens with zero attached hydrogens (tertiary/aromatic N) is 1. The number of aliphatic hydroxyl groups excluding tert-OH is 1. The molecule has 1 amide bonds. The molecule has 0 aromatic heterocycles. The summed E-state index contributed by atoms with van der Waals surface area (Å²) in [5.41, 5.74) is 0. The fourth-order valence-corrected chi connectivity index (χ4v) is 7.47. The topological polar surface area (TPSA) is 108 Å². The zero-order chi connectivity index (χ0) is 45.0. The molecule has 0 rings (SSSR count). The van der Waals surface area contributed by atoms with Crippen molar-refractivity contribution in [3.05, 3.63) is 72.9 Å². The summed E-state index contributed by atoms with van der Waals surface area (Å²) in [4.78, 5) is 25.4. The van der Waals surface area contributed by atoms with Crippen molar-refractivity contribution in [2.45, 2.75) is 212 Å². The van der Waals surface area contributed by atoms with Crippen LogP contribution in [0.25, 0.3) is 0 Å². The van der Waals surface area contributed by atoms with Crippen molar-refractivity contribution >= 4 is 13.7 Å². The molecular formula is C52H95N2O6P. The highest BCUT2D eigenvalue weighted by molar-refractivity contribution is 7.45. The van der Waals surface area contributed by atoms with Gasteiger partial charge in [0.25, 0.3) is 7.82 Å². The maximum Gasteiger partial charge on any atom is 0.268 e. The Labute approximate surface area is 376 Å². The number of carbonyl (C=O) groups is 1. The van der Waals surface area contributed by atoms with Gasteiger partial charge in [-0.25, -0.2) is 0 Å². The van der Waals surface area contributed by atoms with E-state index in [1.165, 1.54) is 109 Å². The van der Waals surface area contributed by atoms with Crippen LogP contribution in [0.1, 0.15) is 200 Å². The molecule has 61 heavy (non-hydrogen) atoms. The molecule has 2 N–H and O–H groups in total. The number of amides is 1. The summed E-state index contributed by atoms with van der Waals surface area (Å²) in [5.74, 6) is -0.215. The first kappa shape index (κ1) is 58.9. The Balaban J connectivity index is 4.36. The van der Waals surface area contributed by atoms with Crippen LogP contribution >= 0.6 is 7.82 Å². The van der Waals surface area contributed by atoms with Gasteiger partial charge in [-0.1, -0.05) is 196 Å². The van der Waals surface area contributed by atoms with Gasteiger partial charge in [-0.15, -0.1) is 0 Å². The zero-order valence-electron chi connectivity index (χ0n) is 40.1. The molecule has 9 heteroatoms. The Morgan fingerprint density at radius 2 is 1.02 bits per heavy atom. The first-order chi connectivity index (χ1) is 29.5. The van der Waals surface area contributed by atoms with Crippen LogP contribution in [0, 0.1) is 0 Å². The van der Waals surface area contributed by atoms with E-state index in [0.29, 0.717) is 17.4 Å². The molecule has 0 radical (unpaired) electrons. The van der Waals surface area contributed by atoms with Crippen LogP contribution in [-0.4, -0.2) is 68.5 Å². The number of aliphatic hydroxyl groups is 1. The average molecular weight is 875 g/mol. The maximum absolute atomic E-state index is 12.9. The quantitative estimate of drug-likeness (QED) is 0.0273. The molecule has 0 aliphatic rings. The smallest absolute Gasteiger partial charge is 0.268 e. The summed E-state index contributed by atoms with van der Waals surface area (Å²) < 4.78 is 23.2. The van der Waals surface area contributed by atoms with Crippen LogP contribution in [0.2, 0.25) is 0 Å². The molecule has 3 atom stereocenters. The fourth-order valence-electron chi connectivity index (χ4n) is 6.75. The lowest BCUT2D eigenvalue weighted by Crippen LogP contribution is -2.45. The molecule has 0 bridgehead atoms. The minimum Gasteiger partial charge on any atom is -0.756 e. The van der Waals surface area contributed by atoms with Crippen molar-refractivity contribution in [2.24, 2.45) is 0 Å². The molecule has 3 unspecified atom stereocenters. The third-order valence-electron chi connectivity index (χ3n) is 10.7. The highest BCUT2D eigenvalue weighted by atomic mass is 31.2. The largest absolute Gasteiger partial charge is 0.756 e. The van der Waals surface area contributed by atoms with Crippen LogP contribution in [0.4, 0.5) is 0 Å². The van der Waals surface area contributed by atoms with Crippen LogP contribution in [-0.2, 0) is 18.4 Å². The zero-order valence-corrected chi connectivity index (χ0v) is 41.0. The number of unbranched alkanes of at least 4 members (excludes halogenated alkanes) is 21. The van der Waals surface area contributed by atoms with Gasteiger partial charge in [0, 0.05) is 6.42 Å². The van der Waals surface area contributed by atoms with E-state index in [0.717, 1.165) is 70.6 Å². The Kier molecular flexibility index (Phi) is 41.7. The second-order valence-electron chi connectivity index (χ2n) is 17.8. The standard InChI is InChI=1S/C52H95N2O6P/c1-6-8-10-12-14-16-18-20-22-24-25-26-27-28-29-30-32-34-36-38-40-42-44-46-52(56)53-50(49-60-61(57,58)59-48-47-54(3,4)5)51(55)45-43-41-39-37-35-33-31-23-21-19-17-15-13-11-9-7-2/h8,10,14,16,20,22,25-26,35,37,43,45,50-51,55H,6-7,9,11-13,15,17-19,21,23-24,27-34,36,38-42,44,46-49H2,1-5H3,(H-,53,56,57,58)/b10-8-,16-14-,22-20-,26-25-,37-35+,45-43+. The highest BCUT2D eigenvalue weighted by Crippen LogP contribution is 2.38. The number of rotatable bonds is 44. The lowest BCUT2D eigenvalue weighted by molar-refractivity contribution is -0.870. The fraction of sp³-hybridized carbons (Fsp3) is 0.750. The van der Waals surface area contributed by atoms with E-state index in [9.17, 15) is 19.4 Å². The molecule has 0 aromatic carbocycles. The van der Waals surface area contributed by atoms with E-state index < -0.39 is 26.6 Å². The monoisotopic (exact) mass is 875 g/mol. The minimum absolute atomic E-state index is 0.0102. The molecule has 0 aliphatic heterocycles. The number of phosphoric ester groups is 1. The normalized spacial score (nSPS) is 14.8. The van der Waals surface area contributed by atoms with Gasteiger partial charge in [0.15, 0.2) is 0 Å². The van der Waals surface area contributed by atoms with Crippen LogP contribution in [0.5, 0.6) is 0 Å². The first-order valence-electron chi connectivity index (χ1n) is 24.8. The number of allylic oxidation sites excluding steroid dienone is 11.